The molecule has 3 aromatic rings. The van der Waals surface area contributed by atoms with Crippen LogP contribution in [0.1, 0.15) is 16.3 Å². The van der Waals surface area contributed by atoms with E-state index in [4.69, 9.17) is 0 Å². The minimum atomic E-state index is 0.809. The normalized spacial score (nSPS) is 10.8. The van der Waals surface area contributed by atoms with Gasteiger partial charge in [-0.1, -0.05) is 36.4 Å². The zero-order valence-corrected chi connectivity index (χ0v) is 13.4. The fourth-order valence-corrected chi connectivity index (χ4v) is 3.12. The van der Waals surface area contributed by atoms with Crippen molar-refractivity contribution >= 4 is 11.3 Å². The predicted octanol–water partition coefficient (Wildman–Crippen LogP) is 3.85. The molecule has 0 fully saturated rings. The predicted molar refractivity (Wildman–Crippen MR) is 91.9 cm³/mol. The Morgan fingerprint density at radius 3 is 2.73 bits per heavy atom. The highest BCUT2D eigenvalue weighted by Gasteiger charge is 2.05. The molecule has 0 aliphatic rings. The summed E-state index contributed by atoms with van der Waals surface area (Å²) in [6.07, 6.45) is 2.96. The van der Waals surface area contributed by atoms with E-state index in [9.17, 15) is 0 Å². The van der Waals surface area contributed by atoms with Crippen molar-refractivity contribution in [1.82, 2.24) is 15.3 Å². The number of thiazole rings is 1. The molecular formula is C18H19N3S. The maximum Gasteiger partial charge on any atom is 0.107 e. The molecule has 22 heavy (non-hydrogen) atoms. The fraction of sp³-hybridized carbons (Fsp3) is 0.222. The van der Waals surface area contributed by atoms with Crippen LogP contribution in [0.15, 0.2) is 54.7 Å². The lowest BCUT2D eigenvalue weighted by molar-refractivity contribution is 0.684. The van der Waals surface area contributed by atoms with Gasteiger partial charge in [0.15, 0.2) is 0 Å². The number of benzene rings is 1. The molecule has 3 rings (SSSR count). The van der Waals surface area contributed by atoms with Gasteiger partial charge in [0, 0.05) is 18.4 Å². The Morgan fingerprint density at radius 2 is 1.91 bits per heavy atom. The van der Waals surface area contributed by atoms with Gasteiger partial charge in [0.2, 0.25) is 0 Å². The molecule has 0 saturated carbocycles. The van der Waals surface area contributed by atoms with Gasteiger partial charge in [-0.2, -0.15) is 0 Å². The van der Waals surface area contributed by atoms with E-state index in [0.717, 1.165) is 40.8 Å². The summed E-state index contributed by atoms with van der Waals surface area (Å²) in [4.78, 5) is 10.2. The molecule has 4 heteroatoms. The van der Waals surface area contributed by atoms with Crippen molar-refractivity contribution in [3.8, 4) is 10.6 Å². The highest BCUT2D eigenvalue weighted by atomic mass is 32.1. The van der Waals surface area contributed by atoms with E-state index in [-0.39, 0.29) is 0 Å². The molecular weight excluding hydrogens is 290 g/mol. The van der Waals surface area contributed by atoms with Crippen molar-refractivity contribution in [2.24, 2.45) is 0 Å². The summed E-state index contributed by atoms with van der Waals surface area (Å²) in [5.74, 6) is 0. The van der Waals surface area contributed by atoms with Crippen molar-refractivity contribution in [1.29, 1.82) is 0 Å². The Balaban J connectivity index is 1.52. The molecule has 2 heterocycles. The third-order valence-electron chi connectivity index (χ3n) is 3.40. The molecule has 0 bridgehead atoms. The van der Waals surface area contributed by atoms with Gasteiger partial charge in [0.25, 0.3) is 0 Å². The Morgan fingerprint density at radius 1 is 1.05 bits per heavy atom. The van der Waals surface area contributed by atoms with E-state index >= 15 is 0 Å². The molecule has 0 radical (unpaired) electrons. The second-order valence-corrected chi connectivity index (χ2v) is 6.31. The van der Waals surface area contributed by atoms with E-state index in [2.05, 4.69) is 39.6 Å². The fourth-order valence-electron chi connectivity index (χ4n) is 2.26. The van der Waals surface area contributed by atoms with Crippen LogP contribution in [0.2, 0.25) is 0 Å². The molecule has 1 N–H and O–H groups in total. The quantitative estimate of drug-likeness (QED) is 0.703. The zero-order valence-electron chi connectivity index (χ0n) is 12.6. The van der Waals surface area contributed by atoms with Crippen LogP contribution in [-0.2, 0) is 13.0 Å². The van der Waals surface area contributed by atoms with Crippen LogP contribution in [-0.4, -0.2) is 16.5 Å². The average Bonchev–Trinajstić information content (AvgIpc) is 3.02. The molecule has 0 aliphatic carbocycles. The van der Waals surface area contributed by atoms with Crippen molar-refractivity contribution in [3.63, 3.8) is 0 Å². The van der Waals surface area contributed by atoms with Gasteiger partial charge in [0.05, 0.1) is 10.6 Å². The topological polar surface area (TPSA) is 37.8 Å². The van der Waals surface area contributed by atoms with E-state index < -0.39 is 0 Å². The van der Waals surface area contributed by atoms with Crippen LogP contribution in [0.25, 0.3) is 10.6 Å². The van der Waals surface area contributed by atoms with Gasteiger partial charge < -0.3 is 5.32 Å². The number of aromatic nitrogens is 2. The second kappa shape index (κ2) is 7.29. The molecule has 0 atom stereocenters. The number of nitrogens with zero attached hydrogens (tertiary/aromatic N) is 2. The monoisotopic (exact) mass is 309 g/mol. The molecule has 112 valence electrons. The van der Waals surface area contributed by atoms with Gasteiger partial charge >= 0.3 is 0 Å². The van der Waals surface area contributed by atoms with Crippen LogP contribution < -0.4 is 5.32 Å². The average molecular weight is 309 g/mol. The van der Waals surface area contributed by atoms with Gasteiger partial charge in [0.1, 0.15) is 5.01 Å². The Kier molecular flexibility index (Phi) is 4.93. The van der Waals surface area contributed by atoms with Gasteiger partial charge in [-0.3, -0.25) is 4.98 Å². The smallest absolute Gasteiger partial charge is 0.107 e. The lowest BCUT2D eigenvalue weighted by Crippen LogP contribution is -2.16. The number of pyridine rings is 1. The standard InChI is InChI=1S/C18H19N3S/c1-14-6-5-9-16(21-14)17-12-20-18(22-17)13-19-11-10-15-7-3-2-4-8-15/h2-9,12,19H,10-11,13H2,1H3. The summed E-state index contributed by atoms with van der Waals surface area (Å²) >= 11 is 1.70. The summed E-state index contributed by atoms with van der Waals surface area (Å²) in [5.41, 5.74) is 3.40. The molecule has 0 unspecified atom stereocenters. The first-order chi connectivity index (χ1) is 10.8. The van der Waals surface area contributed by atoms with Crippen molar-refractivity contribution < 1.29 is 0 Å². The Bertz CT molecular complexity index is 722. The third kappa shape index (κ3) is 4.00. The molecule has 1 aromatic carbocycles. The number of hydrogen-bond donors (Lipinski definition) is 1. The van der Waals surface area contributed by atoms with Crippen LogP contribution in [0.5, 0.6) is 0 Å². The molecule has 3 nitrogen and oxygen atoms in total. The SMILES string of the molecule is Cc1cccc(-c2cnc(CNCCc3ccccc3)s2)n1. The van der Waals surface area contributed by atoms with Crippen LogP contribution >= 0.6 is 11.3 Å². The van der Waals surface area contributed by atoms with E-state index in [1.165, 1.54) is 5.56 Å². The number of nitrogens with one attached hydrogen (secondary N) is 1. The van der Waals surface area contributed by atoms with Gasteiger partial charge in [-0.25, -0.2) is 4.98 Å². The second-order valence-electron chi connectivity index (χ2n) is 5.19. The van der Waals surface area contributed by atoms with Gasteiger partial charge in [-0.05, 0) is 37.6 Å². The number of aryl methyl sites for hydroxylation is 1. The number of rotatable bonds is 6. The first-order valence-corrected chi connectivity index (χ1v) is 8.26. The van der Waals surface area contributed by atoms with Crippen LogP contribution in [0.3, 0.4) is 0 Å². The van der Waals surface area contributed by atoms with E-state index in [1.54, 1.807) is 11.3 Å². The van der Waals surface area contributed by atoms with E-state index in [1.807, 2.05) is 37.4 Å². The summed E-state index contributed by atoms with van der Waals surface area (Å²) < 4.78 is 0. The molecule has 0 saturated heterocycles. The zero-order chi connectivity index (χ0) is 15.2. The summed E-state index contributed by atoms with van der Waals surface area (Å²) in [7, 11) is 0. The number of hydrogen-bond acceptors (Lipinski definition) is 4. The maximum atomic E-state index is 4.54. The third-order valence-corrected chi connectivity index (χ3v) is 4.42. The molecule has 0 aliphatic heterocycles. The van der Waals surface area contributed by atoms with Crippen LogP contribution in [0, 0.1) is 6.92 Å². The van der Waals surface area contributed by atoms with Gasteiger partial charge in [-0.15, -0.1) is 11.3 Å². The lowest BCUT2D eigenvalue weighted by Gasteiger charge is -2.02. The van der Waals surface area contributed by atoms with Crippen LogP contribution in [0.4, 0.5) is 0 Å². The highest BCUT2D eigenvalue weighted by Crippen LogP contribution is 2.24. The minimum absolute atomic E-state index is 0.809. The lowest BCUT2D eigenvalue weighted by atomic mass is 10.1. The van der Waals surface area contributed by atoms with E-state index in [0.29, 0.717) is 0 Å². The summed E-state index contributed by atoms with van der Waals surface area (Å²) in [6.45, 7) is 3.78. The largest absolute Gasteiger partial charge is 0.310 e. The molecule has 0 amide bonds. The molecule has 0 spiro atoms. The minimum Gasteiger partial charge on any atom is -0.310 e. The highest BCUT2D eigenvalue weighted by molar-refractivity contribution is 7.15. The Hall–Kier alpha value is -2.04. The first-order valence-electron chi connectivity index (χ1n) is 7.44. The van der Waals surface area contributed by atoms with Crippen molar-refractivity contribution in [2.45, 2.75) is 19.9 Å². The Labute approximate surface area is 135 Å². The summed E-state index contributed by atoms with van der Waals surface area (Å²) in [5, 5.41) is 4.56. The first kappa shape index (κ1) is 14.9. The molecule has 2 aromatic heterocycles. The van der Waals surface area contributed by atoms with Crippen molar-refractivity contribution in [2.75, 3.05) is 6.54 Å². The maximum absolute atomic E-state index is 4.54. The summed E-state index contributed by atoms with van der Waals surface area (Å²) in [6, 6.07) is 16.6. The van der Waals surface area contributed by atoms with Crippen molar-refractivity contribution in [3.05, 3.63) is 71.0 Å².